The van der Waals surface area contributed by atoms with Crippen molar-refractivity contribution in [2.45, 2.75) is 18.6 Å². The van der Waals surface area contributed by atoms with Crippen LogP contribution in [-0.2, 0) is 4.79 Å². The number of thioether (sulfide) groups is 1. The Kier molecular flexibility index (Phi) is 5.30. The summed E-state index contributed by atoms with van der Waals surface area (Å²) in [5.74, 6) is 0.779. The summed E-state index contributed by atoms with van der Waals surface area (Å²) in [6, 6.07) is 10.2. The summed E-state index contributed by atoms with van der Waals surface area (Å²) in [5, 5.41) is 10.8. The van der Waals surface area contributed by atoms with Gasteiger partial charge < -0.3 is 14.2 Å². The van der Waals surface area contributed by atoms with Gasteiger partial charge in [-0.1, -0.05) is 18.7 Å². The smallest absolute Gasteiger partial charge is 0.284 e. The van der Waals surface area contributed by atoms with Crippen molar-refractivity contribution in [2.24, 2.45) is 0 Å². The number of ketones is 1. The minimum absolute atomic E-state index is 0.0709. The molecular formula is C17H15N3O4S. The lowest BCUT2D eigenvalue weighted by atomic mass is 10.1. The summed E-state index contributed by atoms with van der Waals surface area (Å²) in [6.07, 6.45) is 1.92. The Bertz CT molecular complexity index is 856. The predicted molar refractivity (Wildman–Crippen MR) is 92.4 cm³/mol. The molecule has 2 heterocycles. The molecule has 0 saturated heterocycles. The molecule has 2 aromatic heterocycles. The van der Waals surface area contributed by atoms with Gasteiger partial charge in [0.2, 0.25) is 5.91 Å². The number of amides is 1. The summed E-state index contributed by atoms with van der Waals surface area (Å²) in [4.78, 5) is 23.6. The Morgan fingerprint density at radius 3 is 2.64 bits per heavy atom. The Balaban J connectivity index is 1.56. The lowest BCUT2D eigenvalue weighted by Crippen LogP contribution is -2.09. The fourth-order valence-electron chi connectivity index (χ4n) is 1.97. The second kappa shape index (κ2) is 7.80. The van der Waals surface area contributed by atoms with E-state index in [9.17, 15) is 9.59 Å². The molecule has 8 heteroatoms. The Morgan fingerprint density at radius 2 is 1.96 bits per heavy atom. The first-order valence-corrected chi connectivity index (χ1v) is 8.57. The van der Waals surface area contributed by atoms with Crippen molar-refractivity contribution < 1.29 is 18.4 Å². The van der Waals surface area contributed by atoms with Crippen molar-refractivity contribution >= 4 is 29.1 Å². The highest BCUT2D eigenvalue weighted by Gasteiger charge is 2.14. The van der Waals surface area contributed by atoms with Crippen molar-refractivity contribution in [3.8, 4) is 11.7 Å². The first kappa shape index (κ1) is 17.0. The number of carbonyl (C=O) groups is 2. The van der Waals surface area contributed by atoms with Gasteiger partial charge in [-0.15, -0.1) is 10.2 Å². The van der Waals surface area contributed by atoms with E-state index in [0.29, 0.717) is 28.7 Å². The maximum atomic E-state index is 12.2. The van der Waals surface area contributed by atoms with E-state index in [0.717, 1.165) is 11.8 Å². The van der Waals surface area contributed by atoms with Crippen molar-refractivity contribution in [2.75, 3.05) is 11.1 Å². The fraction of sp³-hybridized carbons (Fsp3) is 0.176. The third-order valence-corrected chi connectivity index (χ3v) is 4.10. The number of hydrogen-bond acceptors (Lipinski definition) is 7. The molecule has 1 amide bonds. The molecule has 3 rings (SSSR count). The first-order chi connectivity index (χ1) is 12.2. The van der Waals surface area contributed by atoms with Gasteiger partial charge in [0.05, 0.1) is 12.0 Å². The maximum Gasteiger partial charge on any atom is 0.284 e. The Morgan fingerprint density at radius 1 is 1.16 bits per heavy atom. The number of hydrogen-bond donors (Lipinski definition) is 1. The molecule has 0 spiro atoms. The summed E-state index contributed by atoms with van der Waals surface area (Å²) < 4.78 is 10.6. The molecule has 128 valence electrons. The van der Waals surface area contributed by atoms with E-state index < -0.39 is 0 Å². The largest absolute Gasteiger partial charge is 0.459 e. The zero-order valence-electron chi connectivity index (χ0n) is 13.4. The monoisotopic (exact) mass is 357 g/mol. The van der Waals surface area contributed by atoms with Gasteiger partial charge in [0, 0.05) is 17.7 Å². The third-order valence-electron chi connectivity index (χ3n) is 3.28. The van der Waals surface area contributed by atoms with E-state index in [1.165, 1.54) is 6.26 Å². The molecule has 1 N–H and O–H groups in total. The highest BCUT2D eigenvalue weighted by Crippen LogP contribution is 2.24. The van der Waals surface area contributed by atoms with Crippen LogP contribution >= 0.6 is 11.8 Å². The van der Waals surface area contributed by atoms with Crippen molar-refractivity contribution in [1.82, 2.24) is 10.2 Å². The van der Waals surface area contributed by atoms with Crippen LogP contribution in [-0.4, -0.2) is 27.6 Å². The van der Waals surface area contributed by atoms with E-state index in [2.05, 4.69) is 15.5 Å². The number of nitrogens with zero attached hydrogens (tertiary/aromatic N) is 2. The van der Waals surface area contributed by atoms with Crippen LogP contribution in [0.5, 0.6) is 0 Å². The van der Waals surface area contributed by atoms with Crippen LogP contribution in [0.3, 0.4) is 0 Å². The van der Waals surface area contributed by atoms with Gasteiger partial charge in [-0.2, -0.15) is 0 Å². The van der Waals surface area contributed by atoms with E-state index in [-0.39, 0.29) is 23.3 Å². The number of anilines is 1. The summed E-state index contributed by atoms with van der Waals surface area (Å²) in [6.45, 7) is 1.78. The molecule has 0 bridgehead atoms. The lowest BCUT2D eigenvalue weighted by Gasteiger charge is -2.04. The summed E-state index contributed by atoms with van der Waals surface area (Å²) in [5.41, 5.74) is 1.21. The molecule has 0 saturated carbocycles. The van der Waals surface area contributed by atoms with Crippen LogP contribution in [0.2, 0.25) is 0 Å². The first-order valence-electron chi connectivity index (χ1n) is 7.59. The number of carbonyl (C=O) groups excluding carboxylic acids is 2. The molecular weight excluding hydrogens is 342 g/mol. The van der Waals surface area contributed by atoms with Gasteiger partial charge >= 0.3 is 0 Å². The normalized spacial score (nSPS) is 10.6. The number of nitrogens with one attached hydrogen (secondary N) is 1. The van der Waals surface area contributed by atoms with Gasteiger partial charge in [0.25, 0.3) is 11.1 Å². The second-order valence-electron chi connectivity index (χ2n) is 5.04. The number of rotatable bonds is 7. The van der Waals surface area contributed by atoms with Crippen LogP contribution in [0.4, 0.5) is 5.69 Å². The van der Waals surface area contributed by atoms with E-state index >= 15 is 0 Å². The highest BCUT2D eigenvalue weighted by molar-refractivity contribution is 7.99. The molecule has 1 aromatic carbocycles. The third kappa shape index (κ3) is 4.36. The molecule has 0 unspecified atom stereocenters. The number of Topliss-reactive ketones (excluding diaryl/α,β-unsaturated/α-hetero) is 1. The van der Waals surface area contributed by atoms with Crippen LogP contribution in [0.15, 0.2) is 56.7 Å². The molecule has 0 atom stereocenters. The van der Waals surface area contributed by atoms with Crippen LogP contribution in [0.25, 0.3) is 11.7 Å². The van der Waals surface area contributed by atoms with Crippen molar-refractivity contribution in [3.05, 3.63) is 48.2 Å². The van der Waals surface area contributed by atoms with E-state index in [1.807, 2.05) is 0 Å². The second-order valence-corrected chi connectivity index (χ2v) is 5.97. The van der Waals surface area contributed by atoms with Crippen LogP contribution < -0.4 is 5.32 Å². The van der Waals surface area contributed by atoms with Crippen molar-refractivity contribution in [1.29, 1.82) is 0 Å². The predicted octanol–water partition coefficient (Wildman–Crippen LogP) is 3.65. The average Bonchev–Trinajstić information content (AvgIpc) is 3.31. The van der Waals surface area contributed by atoms with Gasteiger partial charge in [0.1, 0.15) is 0 Å². The van der Waals surface area contributed by atoms with Crippen LogP contribution in [0, 0.1) is 0 Å². The minimum Gasteiger partial charge on any atom is -0.459 e. The lowest BCUT2D eigenvalue weighted by molar-refractivity contribution is -0.115. The molecule has 3 aromatic rings. The molecule has 0 aliphatic carbocycles. The zero-order valence-corrected chi connectivity index (χ0v) is 14.2. The Labute approximate surface area is 147 Å². The fourth-order valence-corrected chi connectivity index (χ4v) is 2.63. The van der Waals surface area contributed by atoms with E-state index in [4.69, 9.17) is 8.83 Å². The number of aromatic nitrogens is 2. The van der Waals surface area contributed by atoms with Gasteiger partial charge in [-0.3, -0.25) is 9.59 Å². The topological polar surface area (TPSA) is 98.2 Å². The quantitative estimate of drug-likeness (QED) is 0.509. The average molecular weight is 357 g/mol. The highest BCUT2D eigenvalue weighted by atomic mass is 32.2. The molecule has 0 radical (unpaired) electrons. The molecule has 0 aliphatic heterocycles. The number of furan rings is 1. The Hall–Kier alpha value is -2.87. The number of benzene rings is 1. The standard InChI is InChI=1S/C17H15N3O4S/c1-2-15(22)18-12-7-5-11(6-8-12)13(21)10-25-17-20-19-16(24-17)14-4-3-9-23-14/h3-9H,2,10H2,1H3,(H,18,22). The molecule has 0 fully saturated rings. The molecule has 25 heavy (non-hydrogen) atoms. The molecule has 0 aliphatic rings. The maximum absolute atomic E-state index is 12.2. The van der Waals surface area contributed by atoms with E-state index in [1.54, 1.807) is 43.3 Å². The summed E-state index contributed by atoms with van der Waals surface area (Å²) >= 11 is 1.16. The van der Waals surface area contributed by atoms with Gasteiger partial charge in [-0.05, 0) is 36.4 Å². The van der Waals surface area contributed by atoms with Gasteiger partial charge in [0.15, 0.2) is 11.5 Å². The van der Waals surface area contributed by atoms with Gasteiger partial charge in [-0.25, -0.2) is 0 Å². The zero-order chi connectivity index (χ0) is 17.6. The van der Waals surface area contributed by atoms with Crippen LogP contribution in [0.1, 0.15) is 23.7 Å². The van der Waals surface area contributed by atoms with Crippen molar-refractivity contribution in [3.63, 3.8) is 0 Å². The SMILES string of the molecule is CCC(=O)Nc1ccc(C(=O)CSc2nnc(-c3ccco3)o2)cc1. The molecule has 7 nitrogen and oxygen atoms in total. The summed E-state index contributed by atoms with van der Waals surface area (Å²) in [7, 11) is 0. The minimum atomic E-state index is -0.0730.